The minimum atomic E-state index is -3.80. The Hall–Kier alpha value is -3.32. The van der Waals surface area contributed by atoms with Crippen LogP contribution in [0.15, 0.2) is 83.8 Å². The molecule has 0 saturated heterocycles. The maximum absolute atomic E-state index is 13.0. The van der Waals surface area contributed by atoms with Gasteiger partial charge >= 0.3 is 0 Å². The van der Waals surface area contributed by atoms with Gasteiger partial charge in [0, 0.05) is 12.6 Å². The predicted molar refractivity (Wildman–Crippen MR) is 122 cm³/mol. The highest BCUT2D eigenvalue weighted by Gasteiger charge is 2.22. The van der Waals surface area contributed by atoms with Crippen molar-refractivity contribution in [3.05, 3.63) is 90.0 Å². The van der Waals surface area contributed by atoms with Gasteiger partial charge in [0.15, 0.2) is 0 Å². The number of ether oxygens (including phenoxy) is 1. The minimum Gasteiger partial charge on any atom is -0.491 e. The lowest BCUT2D eigenvalue weighted by Crippen LogP contribution is -2.37. The zero-order chi connectivity index (χ0) is 22.4. The first kappa shape index (κ1) is 22.4. The standard InChI is InChI=1S/C24H26N2O4S/c1-18-12-14-22(15-13-18)30-17-19(2)25-24(27)20-8-7-11-23(16-20)31(28,29)26(3)21-9-5-4-6-10-21/h4-16,19H,17H2,1-3H3,(H,25,27)/t19-/m1/s1. The van der Waals surface area contributed by atoms with Gasteiger partial charge in [0.05, 0.1) is 16.6 Å². The highest BCUT2D eigenvalue weighted by atomic mass is 32.2. The number of amides is 1. The summed E-state index contributed by atoms with van der Waals surface area (Å²) < 4.78 is 32.9. The van der Waals surface area contributed by atoms with Gasteiger partial charge in [-0.1, -0.05) is 42.0 Å². The smallest absolute Gasteiger partial charge is 0.264 e. The van der Waals surface area contributed by atoms with Crippen LogP contribution < -0.4 is 14.4 Å². The van der Waals surface area contributed by atoms with Gasteiger partial charge in [0.2, 0.25) is 0 Å². The molecule has 0 aliphatic rings. The first-order valence-electron chi connectivity index (χ1n) is 9.92. The number of aryl methyl sites for hydroxylation is 1. The first-order valence-corrected chi connectivity index (χ1v) is 11.4. The quantitative estimate of drug-likeness (QED) is 0.576. The molecule has 6 nitrogen and oxygen atoms in total. The molecule has 0 aliphatic carbocycles. The van der Waals surface area contributed by atoms with Crippen molar-refractivity contribution < 1.29 is 17.9 Å². The Balaban J connectivity index is 1.67. The van der Waals surface area contributed by atoms with E-state index in [4.69, 9.17) is 4.74 Å². The van der Waals surface area contributed by atoms with Crippen LogP contribution in [0.3, 0.4) is 0 Å². The molecular weight excluding hydrogens is 412 g/mol. The number of carbonyl (C=O) groups is 1. The van der Waals surface area contributed by atoms with Crippen LogP contribution in [0.4, 0.5) is 5.69 Å². The third kappa shape index (κ3) is 5.64. The molecule has 3 aromatic rings. The molecule has 1 amide bonds. The second-order valence-electron chi connectivity index (χ2n) is 7.33. The molecule has 0 unspecified atom stereocenters. The van der Waals surface area contributed by atoms with Gasteiger partial charge in [-0.3, -0.25) is 9.10 Å². The monoisotopic (exact) mass is 438 g/mol. The summed E-state index contributed by atoms with van der Waals surface area (Å²) in [5, 5.41) is 2.85. The molecule has 0 saturated carbocycles. The Morgan fingerprint density at radius 3 is 2.35 bits per heavy atom. The van der Waals surface area contributed by atoms with E-state index in [1.165, 1.54) is 23.5 Å². The lowest BCUT2D eigenvalue weighted by atomic mass is 10.2. The molecule has 0 radical (unpaired) electrons. The topological polar surface area (TPSA) is 75.7 Å². The number of hydrogen-bond acceptors (Lipinski definition) is 4. The molecule has 162 valence electrons. The van der Waals surface area contributed by atoms with E-state index >= 15 is 0 Å². The lowest BCUT2D eigenvalue weighted by molar-refractivity contribution is 0.0926. The van der Waals surface area contributed by atoms with Crippen LogP contribution in [0.25, 0.3) is 0 Å². The Bertz CT molecular complexity index is 1130. The zero-order valence-corrected chi connectivity index (χ0v) is 18.6. The zero-order valence-electron chi connectivity index (χ0n) is 17.8. The molecule has 0 bridgehead atoms. The number of anilines is 1. The Morgan fingerprint density at radius 1 is 1.00 bits per heavy atom. The molecule has 1 atom stereocenters. The van der Waals surface area contributed by atoms with Crippen LogP contribution in [-0.2, 0) is 10.0 Å². The summed E-state index contributed by atoms with van der Waals surface area (Å²) >= 11 is 0. The van der Waals surface area contributed by atoms with Crippen molar-refractivity contribution in [2.45, 2.75) is 24.8 Å². The van der Waals surface area contributed by atoms with Crippen molar-refractivity contribution >= 4 is 21.6 Å². The molecule has 1 N–H and O–H groups in total. The summed E-state index contributed by atoms with van der Waals surface area (Å²) in [5.74, 6) is 0.364. The average Bonchev–Trinajstić information content (AvgIpc) is 2.78. The summed E-state index contributed by atoms with van der Waals surface area (Å²) in [6.07, 6.45) is 0. The molecule has 0 spiro atoms. The maximum atomic E-state index is 13.0. The molecule has 3 rings (SSSR count). The van der Waals surface area contributed by atoms with E-state index in [0.717, 1.165) is 11.3 Å². The molecule has 0 aromatic heterocycles. The number of benzene rings is 3. The van der Waals surface area contributed by atoms with Crippen molar-refractivity contribution in [2.75, 3.05) is 18.0 Å². The Kier molecular flexibility index (Phi) is 6.97. The molecule has 7 heteroatoms. The van der Waals surface area contributed by atoms with Gasteiger partial charge in [-0.05, 0) is 56.3 Å². The minimum absolute atomic E-state index is 0.0510. The molecule has 0 fully saturated rings. The molecular formula is C24H26N2O4S. The van der Waals surface area contributed by atoms with E-state index in [-0.39, 0.29) is 22.4 Å². The number of nitrogens with one attached hydrogen (secondary N) is 1. The number of hydrogen-bond donors (Lipinski definition) is 1. The normalized spacial score (nSPS) is 12.1. The van der Waals surface area contributed by atoms with Crippen molar-refractivity contribution in [2.24, 2.45) is 0 Å². The second kappa shape index (κ2) is 9.66. The number of carbonyl (C=O) groups excluding carboxylic acids is 1. The van der Waals surface area contributed by atoms with Crippen LogP contribution >= 0.6 is 0 Å². The molecule has 0 heterocycles. The molecule has 0 aliphatic heterocycles. The van der Waals surface area contributed by atoms with Gasteiger partial charge in [-0.2, -0.15) is 0 Å². The van der Waals surface area contributed by atoms with E-state index in [1.807, 2.05) is 44.2 Å². The van der Waals surface area contributed by atoms with Crippen molar-refractivity contribution in [1.82, 2.24) is 5.32 Å². The molecule has 31 heavy (non-hydrogen) atoms. The summed E-state index contributed by atoms with van der Waals surface area (Å²) in [6, 6.07) is 22.2. The number of nitrogens with zero attached hydrogens (tertiary/aromatic N) is 1. The predicted octanol–water partition coefficient (Wildman–Crippen LogP) is 4.02. The van der Waals surface area contributed by atoms with Gasteiger partial charge in [-0.25, -0.2) is 8.42 Å². The van der Waals surface area contributed by atoms with Crippen LogP contribution in [0.2, 0.25) is 0 Å². The van der Waals surface area contributed by atoms with Crippen LogP contribution in [-0.4, -0.2) is 34.0 Å². The highest BCUT2D eigenvalue weighted by molar-refractivity contribution is 7.92. The van der Waals surface area contributed by atoms with E-state index in [0.29, 0.717) is 12.3 Å². The summed E-state index contributed by atoms with van der Waals surface area (Å²) in [6.45, 7) is 4.12. The van der Waals surface area contributed by atoms with E-state index in [1.54, 1.807) is 36.4 Å². The average molecular weight is 439 g/mol. The third-order valence-corrected chi connectivity index (χ3v) is 6.55. The van der Waals surface area contributed by atoms with E-state index in [2.05, 4.69) is 5.32 Å². The van der Waals surface area contributed by atoms with Crippen LogP contribution in [0.5, 0.6) is 5.75 Å². The van der Waals surface area contributed by atoms with Crippen molar-refractivity contribution in [3.63, 3.8) is 0 Å². The van der Waals surface area contributed by atoms with Gasteiger partial charge < -0.3 is 10.1 Å². The Morgan fingerprint density at radius 2 is 1.68 bits per heavy atom. The summed E-state index contributed by atoms with van der Waals surface area (Å²) in [4.78, 5) is 12.7. The largest absolute Gasteiger partial charge is 0.491 e. The van der Waals surface area contributed by atoms with Gasteiger partial charge in [-0.15, -0.1) is 0 Å². The number of sulfonamides is 1. The fraction of sp³-hybridized carbons (Fsp3) is 0.208. The third-order valence-electron chi connectivity index (χ3n) is 4.77. The molecule has 3 aromatic carbocycles. The van der Waals surface area contributed by atoms with Gasteiger partial charge in [0.25, 0.3) is 15.9 Å². The fourth-order valence-corrected chi connectivity index (χ4v) is 4.18. The number of para-hydroxylation sites is 1. The maximum Gasteiger partial charge on any atom is 0.264 e. The van der Waals surface area contributed by atoms with Crippen LogP contribution in [0, 0.1) is 6.92 Å². The van der Waals surface area contributed by atoms with Crippen molar-refractivity contribution in [3.8, 4) is 5.75 Å². The summed E-state index contributed by atoms with van der Waals surface area (Å²) in [7, 11) is -2.31. The van der Waals surface area contributed by atoms with E-state index < -0.39 is 10.0 Å². The van der Waals surface area contributed by atoms with Crippen LogP contribution in [0.1, 0.15) is 22.8 Å². The van der Waals surface area contributed by atoms with E-state index in [9.17, 15) is 13.2 Å². The van der Waals surface area contributed by atoms with Gasteiger partial charge in [0.1, 0.15) is 12.4 Å². The lowest BCUT2D eigenvalue weighted by Gasteiger charge is -2.20. The first-order chi connectivity index (χ1) is 14.8. The highest BCUT2D eigenvalue weighted by Crippen LogP contribution is 2.22. The SMILES string of the molecule is Cc1ccc(OC[C@@H](C)NC(=O)c2cccc(S(=O)(=O)N(C)c3ccccc3)c2)cc1. The Labute approximate surface area is 183 Å². The fourth-order valence-electron chi connectivity index (χ4n) is 2.94. The second-order valence-corrected chi connectivity index (χ2v) is 9.30. The summed E-state index contributed by atoms with van der Waals surface area (Å²) in [5.41, 5.74) is 1.95. The van der Waals surface area contributed by atoms with Crippen molar-refractivity contribution in [1.29, 1.82) is 0 Å². The number of rotatable bonds is 8.